The van der Waals surface area contributed by atoms with Gasteiger partial charge in [0.1, 0.15) is 17.2 Å². The van der Waals surface area contributed by atoms with E-state index in [-0.39, 0.29) is 23.5 Å². The zero-order valence-corrected chi connectivity index (χ0v) is 13.8. The fourth-order valence-corrected chi connectivity index (χ4v) is 2.89. The summed E-state index contributed by atoms with van der Waals surface area (Å²) < 4.78 is 24.5. The van der Waals surface area contributed by atoms with Gasteiger partial charge in [0.2, 0.25) is 0 Å². The number of halogens is 1. The van der Waals surface area contributed by atoms with Crippen molar-refractivity contribution in [3.8, 4) is 0 Å². The lowest BCUT2D eigenvalue weighted by atomic mass is 10.1. The largest absolute Gasteiger partial charge is 0.459 e. The smallest absolute Gasteiger partial charge is 0.287 e. The molecule has 0 radical (unpaired) electrons. The standard InChI is InChI=1S/C17H16FNO3S/c1-9-12-8-11(18)4-5-13(12)22-16(9)10(2)19-17(20)14-6-7-15(21-14)23-3/h4-8,10H,1-3H3,(H,19,20). The molecule has 0 bridgehead atoms. The summed E-state index contributed by atoms with van der Waals surface area (Å²) in [5.41, 5.74) is 1.42. The number of rotatable bonds is 4. The van der Waals surface area contributed by atoms with Crippen molar-refractivity contribution in [1.82, 2.24) is 5.32 Å². The highest BCUT2D eigenvalue weighted by Gasteiger charge is 2.20. The maximum atomic E-state index is 13.4. The predicted molar refractivity (Wildman–Crippen MR) is 87.3 cm³/mol. The van der Waals surface area contributed by atoms with E-state index in [9.17, 15) is 9.18 Å². The number of aryl methyl sites for hydroxylation is 1. The molecule has 4 nitrogen and oxygen atoms in total. The Morgan fingerprint density at radius 1 is 1.26 bits per heavy atom. The first kappa shape index (κ1) is 15.7. The third kappa shape index (κ3) is 2.99. The molecular weight excluding hydrogens is 317 g/mol. The minimum absolute atomic E-state index is 0.251. The predicted octanol–water partition coefficient (Wildman–Crippen LogP) is 4.69. The zero-order chi connectivity index (χ0) is 16.6. The van der Waals surface area contributed by atoms with E-state index < -0.39 is 0 Å². The lowest BCUT2D eigenvalue weighted by Gasteiger charge is -2.11. The average molecular weight is 333 g/mol. The van der Waals surface area contributed by atoms with Crippen LogP contribution in [0.2, 0.25) is 0 Å². The average Bonchev–Trinajstić information content (AvgIpc) is 3.13. The van der Waals surface area contributed by atoms with Crippen molar-refractivity contribution in [3.05, 3.63) is 53.2 Å². The molecule has 3 rings (SSSR count). The molecule has 1 aromatic carbocycles. The van der Waals surface area contributed by atoms with E-state index in [0.717, 1.165) is 5.56 Å². The second kappa shape index (κ2) is 6.12. The highest BCUT2D eigenvalue weighted by atomic mass is 32.2. The minimum atomic E-state index is -0.360. The summed E-state index contributed by atoms with van der Waals surface area (Å²) in [5, 5.41) is 4.23. The van der Waals surface area contributed by atoms with Crippen LogP contribution in [-0.4, -0.2) is 12.2 Å². The highest BCUT2D eigenvalue weighted by molar-refractivity contribution is 7.98. The van der Waals surface area contributed by atoms with Crippen LogP contribution in [0.3, 0.4) is 0 Å². The van der Waals surface area contributed by atoms with Crippen LogP contribution in [0.15, 0.2) is 44.3 Å². The molecule has 1 unspecified atom stereocenters. The van der Waals surface area contributed by atoms with Crippen molar-refractivity contribution in [2.75, 3.05) is 6.26 Å². The van der Waals surface area contributed by atoms with Gasteiger partial charge < -0.3 is 14.2 Å². The summed E-state index contributed by atoms with van der Waals surface area (Å²) in [6, 6.07) is 7.40. The van der Waals surface area contributed by atoms with Crippen LogP contribution in [0.1, 0.15) is 34.8 Å². The van der Waals surface area contributed by atoms with Gasteiger partial charge in [0.15, 0.2) is 10.9 Å². The number of hydrogen-bond donors (Lipinski definition) is 1. The molecule has 120 valence electrons. The van der Waals surface area contributed by atoms with Gasteiger partial charge in [-0.15, -0.1) is 0 Å². The molecule has 0 aliphatic carbocycles. The van der Waals surface area contributed by atoms with Gasteiger partial charge in [-0.05, 0) is 50.4 Å². The number of carbonyl (C=O) groups is 1. The van der Waals surface area contributed by atoms with Crippen molar-refractivity contribution < 1.29 is 18.0 Å². The van der Waals surface area contributed by atoms with Gasteiger partial charge in [-0.25, -0.2) is 4.39 Å². The molecule has 3 aromatic rings. The lowest BCUT2D eigenvalue weighted by molar-refractivity contribution is 0.0902. The maximum Gasteiger partial charge on any atom is 0.287 e. The first-order valence-corrected chi connectivity index (χ1v) is 8.35. The second-order valence-electron chi connectivity index (χ2n) is 5.25. The highest BCUT2D eigenvalue weighted by Crippen LogP contribution is 2.30. The number of nitrogens with one attached hydrogen (secondary N) is 1. The summed E-state index contributed by atoms with van der Waals surface area (Å²) in [4.78, 5) is 12.2. The molecule has 0 saturated carbocycles. The fraction of sp³-hybridized carbons (Fsp3) is 0.235. The van der Waals surface area contributed by atoms with E-state index in [1.54, 1.807) is 18.2 Å². The van der Waals surface area contributed by atoms with Gasteiger partial charge in [-0.3, -0.25) is 4.79 Å². The van der Waals surface area contributed by atoms with Gasteiger partial charge in [-0.1, -0.05) is 11.8 Å². The molecule has 1 atom stereocenters. The number of carbonyl (C=O) groups excluding carboxylic acids is 1. The summed E-state index contributed by atoms with van der Waals surface area (Å²) in [5.74, 6) is 0.227. The van der Waals surface area contributed by atoms with E-state index in [4.69, 9.17) is 8.83 Å². The van der Waals surface area contributed by atoms with Crippen molar-refractivity contribution >= 4 is 28.6 Å². The molecule has 0 spiro atoms. The Hall–Kier alpha value is -2.21. The number of benzene rings is 1. The molecule has 0 saturated heterocycles. The number of amides is 1. The Labute approximate surface area is 137 Å². The molecule has 0 aliphatic rings. The molecule has 1 N–H and O–H groups in total. The second-order valence-corrected chi connectivity index (χ2v) is 6.06. The monoisotopic (exact) mass is 333 g/mol. The Kier molecular flexibility index (Phi) is 4.17. The molecule has 23 heavy (non-hydrogen) atoms. The zero-order valence-electron chi connectivity index (χ0n) is 13.0. The minimum Gasteiger partial charge on any atom is -0.459 e. The van der Waals surface area contributed by atoms with Crippen LogP contribution < -0.4 is 5.32 Å². The van der Waals surface area contributed by atoms with Crippen LogP contribution in [0.4, 0.5) is 4.39 Å². The van der Waals surface area contributed by atoms with Gasteiger partial charge in [0, 0.05) is 10.9 Å². The molecule has 2 heterocycles. The van der Waals surface area contributed by atoms with Crippen LogP contribution in [-0.2, 0) is 0 Å². The first-order valence-electron chi connectivity index (χ1n) is 7.13. The fourth-order valence-electron chi connectivity index (χ4n) is 2.51. The van der Waals surface area contributed by atoms with E-state index in [0.29, 0.717) is 21.8 Å². The van der Waals surface area contributed by atoms with Crippen LogP contribution in [0.5, 0.6) is 0 Å². The van der Waals surface area contributed by atoms with E-state index in [1.165, 1.54) is 23.9 Å². The first-order chi connectivity index (χ1) is 11.0. The third-order valence-electron chi connectivity index (χ3n) is 3.68. The maximum absolute atomic E-state index is 13.4. The van der Waals surface area contributed by atoms with Gasteiger partial charge in [0.05, 0.1) is 6.04 Å². The number of thioether (sulfide) groups is 1. The van der Waals surface area contributed by atoms with Crippen LogP contribution in [0.25, 0.3) is 11.0 Å². The molecule has 6 heteroatoms. The lowest BCUT2D eigenvalue weighted by Crippen LogP contribution is -2.26. The molecule has 0 aliphatic heterocycles. The molecule has 2 aromatic heterocycles. The van der Waals surface area contributed by atoms with Crippen molar-refractivity contribution in [1.29, 1.82) is 0 Å². The number of hydrogen-bond acceptors (Lipinski definition) is 4. The summed E-state index contributed by atoms with van der Waals surface area (Å²) in [6.07, 6.45) is 1.88. The molecule has 1 amide bonds. The van der Waals surface area contributed by atoms with Gasteiger partial charge in [0.25, 0.3) is 5.91 Å². The van der Waals surface area contributed by atoms with E-state index in [1.807, 2.05) is 20.1 Å². The topological polar surface area (TPSA) is 55.4 Å². The summed E-state index contributed by atoms with van der Waals surface area (Å²) in [7, 11) is 0. The third-order valence-corrected chi connectivity index (χ3v) is 4.30. The van der Waals surface area contributed by atoms with Crippen molar-refractivity contribution in [2.24, 2.45) is 0 Å². The number of fused-ring (bicyclic) bond motifs is 1. The van der Waals surface area contributed by atoms with E-state index in [2.05, 4.69) is 5.32 Å². The molecule has 0 fully saturated rings. The van der Waals surface area contributed by atoms with Crippen molar-refractivity contribution in [3.63, 3.8) is 0 Å². The Balaban J connectivity index is 1.84. The molecular formula is C17H16FNO3S. The SMILES string of the molecule is CSc1ccc(C(=O)NC(C)c2oc3ccc(F)cc3c2C)o1. The van der Waals surface area contributed by atoms with Crippen molar-refractivity contribution in [2.45, 2.75) is 25.0 Å². The number of furan rings is 2. The van der Waals surface area contributed by atoms with Gasteiger partial charge in [-0.2, -0.15) is 0 Å². The quantitative estimate of drug-likeness (QED) is 0.704. The summed E-state index contributed by atoms with van der Waals surface area (Å²) in [6.45, 7) is 3.67. The Morgan fingerprint density at radius 2 is 2.04 bits per heavy atom. The van der Waals surface area contributed by atoms with Crippen LogP contribution in [0, 0.1) is 12.7 Å². The Morgan fingerprint density at radius 3 is 2.74 bits per heavy atom. The van der Waals surface area contributed by atoms with E-state index >= 15 is 0 Å². The summed E-state index contributed by atoms with van der Waals surface area (Å²) >= 11 is 1.43. The normalized spacial score (nSPS) is 12.5. The van der Waals surface area contributed by atoms with Gasteiger partial charge >= 0.3 is 0 Å². The Bertz CT molecular complexity index is 868. The van der Waals surface area contributed by atoms with Crippen LogP contribution >= 0.6 is 11.8 Å².